The van der Waals surface area contributed by atoms with Crippen LogP contribution < -0.4 is 10.1 Å². The molecule has 3 rings (SSSR count). The topological polar surface area (TPSA) is 47.0 Å². The number of hydrogen-bond donors (Lipinski definition) is 1. The smallest absolute Gasteiger partial charge is 0.172 e. The van der Waals surface area contributed by atoms with Crippen LogP contribution in [-0.2, 0) is 0 Å². The number of fused-ring (bicyclic) bond motifs is 1. The standard InChI is InChI=1S/C16H16BrN3OS/c1-8-5-6-12(21-4)9(2)13(8)20-14-11(17)7-18-16-15(14)22-10(3)19-16/h5-7H,1-4H3,(H,18,20). The molecular weight excluding hydrogens is 362 g/mol. The van der Waals surface area contributed by atoms with Crippen LogP contribution in [-0.4, -0.2) is 17.1 Å². The number of halogens is 1. The molecule has 0 aliphatic heterocycles. The summed E-state index contributed by atoms with van der Waals surface area (Å²) in [5.41, 5.74) is 5.07. The molecule has 0 amide bonds. The van der Waals surface area contributed by atoms with Gasteiger partial charge in [-0.05, 0) is 48.3 Å². The maximum absolute atomic E-state index is 5.43. The van der Waals surface area contributed by atoms with Gasteiger partial charge in [-0.2, -0.15) is 0 Å². The van der Waals surface area contributed by atoms with Crippen molar-refractivity contribution in [2.24, 2.45) is 0 Å². The fourth-order valence-electron chi connectivity index (χ4n) is 2.44. The molecule has 0 saturated heterocycles. The third-order valence-corrected chi connectivity index (χ3v) is 5.15. The molecule has 0 atom stereocenters. The van der Waals surface area contributed by atoms with Gasteiger partial charge in [0.25, 0.3) is 0 Å². The minimum absolute atomic E-state index is 0.770. The van der Waals surface area contributed by atoms with Gasteiger partial charge in [0.15, 0.2) is 5.65 Å². The Morgan fingerprint density at radius 1 is 1.18 bits per heavy atom. The molecule has 2 heterocycles. The Hall–Kier alpha value is -1.66. The fourth-order valence-corrected chi connectivity index (χ4v) is 3.85. The quantitative estimate of drug-likeness (QED) is 0.686. The Morgan fingerprint density at radius 3 is 2.68 bits per heavy atom. The summed E-state index contributed by atoms with van der Waals surface area (Å²) in [7, 11) is 1.69. The summed E-state index contributed by atoms with van der Waals surface area (Å²) in [6.07, 6.45) is 1.79. The van der Waals surface area contributed by atoms with Gasteiger partial charge in [-0.3, -0.25) is 0 Å². The number of pyridine rings is 1. The van der Waals surface area contributed by atoms with E-state index in [2.05, 4.69) is 51.1 Å². The zero-order valence-electron chi connectivity index (χ0n) is 12.8. The number of nitrogens with one attached hydrogen (secondary N) is 1. The molecule has 0 spiro atoms. The predicted octanol–water partition coefficient (Wildman–Crippen LogP) is 5.13. The minimum atomic E-state index is 0.770. The molecule has 0 bridgehead atoms. The molecule has 6 heteroatoms. The summed E-state index contributed by atoms with van der Waals surface area (Å²) in [4.78, 5) is 8.83. The van der Waals surface area contributed by atoms with E-state index in [1.54, 1.807) is 24.6 Å². The van der Waals surface area contributed by atoms with Crippen LogP contribution >= 0.6 is 27.3 Å². The number of thiazole rings is 1. The average Bonchev–Trinajstić information content (AvgIpc) is 2.86. The summed E-state index contributed by atoms with van der Waals surface area (Å²) in [6, 6.07) is 4.04. The second kappa shape index (κ2) is 5.85. The van der Waals surface area contributed by atoms with E-state index in [1.807, 2.05) is 13.0 Å². The lowest BCUT2D eigenvalue weighted by atomic mass is 10.1. The van der Waals surface area contributed by atoms with Crippen LogP contribution in [0.3, 0.4) is 0 Å². The van der Waals surface area contributed by atoms with Crippen molar-refractivity contribution in [2.75, 3.05) is 12.4 Å². The van der Waals surface area contributed by atoms with Gasteiger partial charge in [0.1, 0.15) is 5.75 Å². The second-order valence-corrected chi connectivity index (χ2v) is 7.13. The first-order valence-corrected chi connectivity index (χ1v) is 8.45. The van der Waals surface area contributed by atoms with Crippen molar-refractivity contribution in [1.82, 2.24) is 9.97 Å². The number of methoxy groups -OCH3 is 1. The number of benzene rings is 1. The molecule has 0 aliphatic carbocycles. The van der Waals surface area contributed by atoms with Crippen LogP contribution in [0.4, 0.5) is 11.4 Å². The van der Waals surface area contributed by atoms with Gasteiger partial charge in [-0.25, -0.2) is 9.97 Å². The number of ether oxygens (including phenoxy) is 1. The van der Waals surface area contributed by atoms with Gasteiger partial charge in [0.2, 0.25) is 0 Å². The highest BCUT2D eigenvalue weighted by atomic mass is 79.9. The van der Waals surface area contributed by atoms with Crippen LogP contribution in [0.5, 0.6) is 5.75 Å². The first-order valence-electron chi connectivity index (χ1n) is 6.84. The Balaban J connectivity index is 2.17. The molecule has 0 saturated carbocycles. The van der Waals surface area contributed by atoms with E-state index in [-0.39, 0.29) is 0 Å². The SMILES string of the molecule is COc1ccc(C)c(Nc2c(Br)cnc3nc(C)sc23)c1C. The molecule has 4 nitrogen and oxygen atoms in total. The maximum Gasteiger partial charge on any atom is 0.172 e. The Labute approximate surface area is 141 Å². The van der Waals surface area contributed by atoms with Gasteiger partial charge < -0.3 is 10.1 Å². The van der Waals surface area contributed by atoms with Gasteiger partial charge >= 0.3 is 0 Å². The van der Waals surface area contributed by atoms with Crippen molar-refractivity contribution in [2.45, 2.75) is 20.8 Å². The number of aryl methyl sites for hydroxylation is 2. The van der Waals surface area contributed by atoms with E-state index in [0.29, 0.717) is 0 Å². The predicted molar refractivity (Wildman–Crippen MR) is 95.6 cm³/mol. The Morgan fingerprint density at radius 2 is 1.95 bits per heavy atom. The van der Waals surface area contributed by atoms with Gasteiger partial charge in [-0.1, -0.05) is 6.07 Å². The van der Waals surface area contributed by atoms with Crippen LogP contribution in [0.15, 0.2) is 22.8 Å². The first kappa shape index (κ1) is 15.2. The zero-order chi connectivity index (χ0) is 15.9. The van der Waals surface area contributed by atoms with Gasteiger partial charge in [0, 0.05) is 17.4 Å². The third-order valence-electron chi connectivity index (χ3n) is 3.58. The summed E-state index contributed by atoms with van der Waals surface area (Å²) in [5, 5.41) is 4.55. The molecule has 0 radical (unpaired) electrons. The molecule has 0 aliphatic rings. The maximum atomic E-state index is 5.43. The molecule has 114 valence electrons. The molecule has 1 N–H and O–H groups in total. The molecule has 1 aromatic carbocycles. The van der Waals surface area contributed by atoms with Gasteiger partial charge in [0.05, 0.1) is 27.0 Å². The molecule has 0 unspecified atom stereocenters. The highest BCUT2D eigenvalue weighted by Gasteiger charge is 2.15. The summed E-state index contributed by atoms with van der Waals surface area (Å²) >= 11 is 5.23. The molecule has 2 aromatic heterocycles. The lowest BCUT2D eigenvalue weighted by Gasteiger charge is -2.16. The number of nitrogens with zero attached hydrogens (tertiary/aromatic N) is 2. The van der Waals surface area contributed by atoms with Crippen LogP contribution in [0, 0.1) is 20.8 Å². The highest BCUT2D eigenvalue weighted by molar-refractivity contribution is 9.10. The van der Waals surface area contributed by atoms with E-state index >= 15 is 0 Å². The molecule has 22 heavy (non-hydrogen) atoms. The van der Waals surface area contributed by atoms with Crippen LogP contribution in [0.1, 0.15) is 16.1 Å². The third kappa shape index (κ3) is 2.57. The number of rotatable bonds is 3. The molecular formula is C16H16BrN3OS. The highest BCUT2D eigenvalue weighted by Crippen LogP contribution is 2.38. The van der Waals surface area contributed by atoms with Crippen molar-refractivity contribution in [1.29, 1.82) is 0 Å². The van der Waals surface area contributed by atoms with E-state index in [9.17, 15) is 0 Å². The largest absolute Gasteiger partial charge is 0.496 e. The van der Waals surface area contributed by atoms with E-state index in [4.69, 9.17) is 4.74 Å². The van der Waals surface area contributed by atoms with E-state index in [0.717, 1.165) is 48.1 Å². The van der Waals surface area contributed by atoms with Crippen LogP contribution in [0.2, 0.25) is 0 Å². The van der Waals surface area contributed by atoms with Crippen LogP contribution in [0.25, 0.3) is 10.3 Å². The number of anilines is 2. The minimum Gasteiger partial charge on any atom is -0.496 e. The Bertz CT molecular complexity index is 860. The molecule has 3 aromatic rings. The number of aromatic nitrogens is 2. The monoisotopic (exact) mass is 377 g/mol. The van der Waals surface area contributed by atoms with Gasteiger partial charge in [-0.15, -0.1) is 11.3 Å². The number of hydrogen-bond acceptors (Lipinski definition) is 5. The van der Waals surface area contributed by atoms with E-state index < -0.39 is 0 Å². The Kier molecular flexibility index (Phi) is 4.06. The average molecular weight is 378 g/mol. The molecule has 0 fully saturated rings. The second-order valence-electron chi connectivity index (χ2n) is 5.08. The normalized spacial score (nSPS) is 11.0. The van der Waals surface area contributed by atoms with Crippen molar-refractivity contribution in [3.8, 4) is 5.75 Å². The lowest BCUT2D eigenvalue weighted by Crippen LogP contribution is -2.00. The fraction of sp³-hybridized carbons (Fsp3) is 0.250. The van der Waals surface area contributed by atoms with Crippen molar-refractivity contribution in [3.63, 3.8) is 0 Å². The van der Waals surface area contributed by atoms with Crippen molar-refractivity contribution >= 4 is 49.0 Å². The van der Waals surface area contributed by atoms with E-state index in [1.165, 1.54) is 0 Å². The summed E-state index contributed by atoms with van der Waals surface area (Å²) in [5.74, 6) is 0.870. The summed E-state index contributed by atoms with van der Waals surface area (Å²) in [6.45, 7) is 6.13. The zero-order valence-corrected chi connectivity index (χ0v) is 15.2. The first-order chi connectivity index (χ1) is 10.5. The van der Waals surface area contributed by atoms with Crippen molar-refractivity contribution < 1.29 is 4.74 Å². The lowest BCUT2D eigenvalue weighted by molar-refractivity contribution is 0.412. The van der Waals surface area contributed by atoms with Crippen molar-refractivity contribution in [3.05, 3.63) is 38.9 Å². The summed E-state index contributed by atoms with van der Waals surface area (Å²) < 4.78 is 7.40.